The molecule has 2 nitrogen and oxygen atoms in total. The largest absolute Gasteiger partial charge is 0.449 e. The van der Waals surface area contributed by atoms with Crippen molar-refractivity contribution in [3.05, 3.63) is 41.7 Å². The predicted molar refractivity (Wildman–Crippen MR) is 64.4 cm³/mol. The Labute approximate surface area is 104 Å². The van der Waals surface area contributed by atoms with Gasteiger partial charge in [0.2, 0.25) is 5.82 Å². The highest BCUT2D eigenvalue weighted by Gasteiger charge is 2.34. The molecule has 1 N–H and O–H groups in total. The molecular formula is C12H7F3N2S. The summed E-state index contributed by atoms with van der Waals surface area (Å²) in [6, 6.07) is 7.58. The topological polar surface area (TPSA) is 28.7 Å². The smallest absolute Gasteiger partial charge is 0.334 e. The molecule has 1 aromatic carbocycles. The zero-order valence-electron chi connectivity index (χ0n) is 8.95. The van der Waals surface area contributed by atoms with Gasteiger partial charge in [-0.15, -0.1) is 11.3 Å². The highest BCUT2D eigenvalue weighted by Crippen LogP contribution is 2.34. The zero-order valence-corrected chi connectivity index (χ0v) is 9.77. The minimum Gasteiger partial charge on any atom is -0.334 e. The fraction of sp³-hybridized carbons (Fsp3) is 0.0833. The van der Waals surface area contributed by atoms with E-state index in [1.807, 2.05) is 29.6 Å². The van der Waals surface area contributed by atoms with Crippen molar-refractivity contribution in [2.24, 2.45) is 0 Å². The number of aromatic nitrogens is 2. The third-order valence-corrected chi connectivity index (χ3v) is 3.58. The van der Waals surface area contributed by atoms with Crippen molar-refractivity contribution < 1.29 is 13.2 Å². The number of nitrogens with one attached hydrogen (secondary N) is 1. The molecule has 3 rings (SSSR count). The second-order valence-corrected chi connectivity index (χ2v) is 4.70. The van der Waals surface area contributed by atoms with Crippen molar-refractivity contribution in [3.63, 3.8) is 0 Å². The van der Waals surface area contributed by atoms with E-state index in [2.05, 4.69) is 9.97 Å². The van der Waals surface area contributed by atoms with Gasteiger partial charge in [0.25, 0.3) is 0 Å². The molecule has 0 amide bonds. The fourth-order valence-electron chi connectivity index (χ4n) is 1.79. The first-order valence-corrected chi connectivity index (χ1v) is 6.02. The molecule has 0 saturated carbocycles. The van der Waals surface area contributed by atoms with E-state index >= 15 is 0 Å². The number of halogens is 3. The number of nitrogens with zero attached hydrogens (tertiary/aromatic N) is 1. The van der Waals surface area contributed by atoms with E-state index in [4.69, 9.17) is 0 Å². The van der Waals surface area contributed by atoms with Crippen molar-refractivity contribution in [3.8, 4) is 11.3 Å². The molecule has 0 aliphatic carbocycles. The molecule has 6 heteroatoms. The van der Waals surface area contributed by atoms with Crippen molar-refractivity contribution in [1.29, 1.82) is 0 Å². The molecule has 0 unspecified atom stereocenters. The van der Waals surface area contributed by atoms with Gasteiger partial charge in [0.05, 0.1) is 11.9 Å². The SMILES string of the molecule is FC(F)(F)c1ncc(-c2csc3ccccc23)[nH]1. The first-order chi connectivity index (χ1) is 8.55. The highest BCUT2D eigenvalue weighted by atomic mass is 32.1. The summed E-state index contributed by atoms with van der Waals surface area (Å²) in [4.78, 5) is 5.69. The Balaban J connectivity index is 2.13. The first-order valence-electron chi connectivity index (χ1n) is 5.14. The Morgan fingerprint density at radius 3 is 2.67 bits per heavy atom. The summed E-state index contributed by atoms with van der Waals surface area (Å²) in [5, 5.41) is 2.76. The number of fused-ring (bicyclic) bond motifs is 1. The Hall–Kier alpha value is -1.82. The maximum Gasteiger partial charge on any atom is 0.449 e. The van der Waals surface area contributed by atoms with Crippen LogP contribution in [0.5, 0.6) is 0 Å². The third kappa shape index (κ3) is 1.78. The van der Waals surface area contributed by atoms with Gasteiger partial charge in [-0.25, -0.2) is 4.98 Å². The summed E-state index contributed by atoms with van der Waals surface area (Å²) < 4.78 is 38.4. The van der Waals surface area contributed by atoms with E-state index in [1.165, 1.54) is 17.5 Å². The Morgan fingerprint density at radius 1 is 1.17 bits per heavy atom. The van der Waals surface area contributed by atoms with Gasteiger partial charge in [-0.3, -0.25) is 0 Å². The minimum atomic E-state index is -4.44. The lowest BCUT2D eigenvalue weighted by Gasteiger charge is -2.00. The van der Waals surface area contributed by atoms with Gasteiger partial charge in [-0.1, -0.05) is 18.2 Å². The molecule has 18 heavy (non-hydrogen) atoms. The lowest BCUT2D eigenvalue weighted by molar-refractivity contribution is -0.144. The van der Waals surface area contributed by atoms with Gasteiger partial charge in [-0.05, 0) is 6.07 Å². The van der Waals surface area contributed by atoms with Crippen molar-refractivity contribution in [2.45, 2.75) is 6.18 Å². The number of aromatic amines is 1. The molecule has 0 bridgehead atoms. The van der Waals surface area contributed by atoms with Crippen LogP contribution in [0.15, 0.2) is 35.8 Å². The molecular weight excluding hydrogens is 261 g/mol. The molecule has 0 spiro atoms. The van der Waals surface area contributed by atoms with Crippen molar-refractivity contribution >= 4 is 21.4 Å². The van der Waals surface area contributed by atoms with Crippen molar-refractivity contribution in [1.82, 2.24) is 9.97 Å². The Kier molecular flexibility index (Phi) is 2.41. The van der Waals surface area contributed by atoms with Gasteiger partial charge in [0.1, 0.15) is 0 Å². The van der Waals surface area contributed by atoms with Crippen LogP contribution in [-0.4, -0.2) is 9.97 Å². The van der Waals surface area contributed by atoms with Gasteiger partial charge < -0.3 is 4.98 Å². The molecule has 0 aliphatic rings. The van der Waals surface area contributed by atoms with Crippen LogP contribution in [0.3, 0.4) is 0 Å². The van der Waals surface area contributed by atoms with Gasteiger partial charge in [-0.2, -0.15) is 13.2 Å². The van der Waals surface area contributed by atoms with E-state index in [1.54, 1.807) is 0 Å². The summed E-state index contributed by atoms with van der Waals surface area (Å²) in [6.07, 6.45) is -3.22. The summed E-state index contributed by atoms with van der Waals surface area (Å²) in [5.74, 6) is -0.965. The number of thiophene rings is 1. The van der Waals surface area contributed by atoms with Gasteiger partial charge in [0.15, 0.2) is 0 Å². The molecule has 0 radical (unpaired) electrons. The Morgan fingerprint density at radius 2 is 1.94 bits per heavy atom. The summed E-state index contributed by atoms with van der Waals surface area (Å²) in [7, 11) is 0. The number of hydrogen-bond donors (Lipinski definition) is 1. The normalized spacial score (nSPS) is 12.2. The van der Waals surface area contributed by atoms with Crippen LogP contribution in [0.4, 0.5) is 13.2 Å². The van der Waals surface area contributed by atoms with Crippen LogP contribution < -0.4 is 0 Å². The quantitative estimate of drug-likeness (QED) is 0.700. The molecule has 2 heterocycles. The van der Waals surface area contributed by atoms with Crippen LogP contribution in [0.25, 0.3) is 21.3 Å². The molecule has 0 saturated heterocycles. The summed E-state index contributed by atoms with van der Waals surface area (Å²) in [6.45, 7) is 0. The number of rotatable bonds is 1. The molecule has 0 atom stereocenters. The van der Waals surface area contributed by atoms with Crippen LogP contribution in [0, 0.1) is 0 Å². The van der Waals surface area contributed by atoms with Crippen molar-refractivity contribution in [2.75, 3.05) is 0 Å². The average molecular weight is 268 g/mol. The molecule has 0 fully saturated rings. The number of H-pyrrole nitrogens is 1. The second kappa shape index (κ2) is 3.84. The number of hydrogen-bond acceptors (Lipinski definition) is 2. The predicted octanol–water partition coefficient (Wildman–Crippen LogP) is 4.31. The lowest BCUT2D eigenvalue weighted by atomic mass is 10.1. The van der Waals surface area contributed by atoms with E-state index in [0.717, 1.165) is 15.6 Å². The number of imidazole rings is 1. The van der Waals surface area contributed by atoms with E-state index in [-0.39, 0.29) is 0 Å². The molecule has 0 aliphatic heterocycles. The summed E-state index contributed by atoms with van der Waals surface area (Å²) >= 11 is 1.50. The third-order valence-electron chi connectivity index (χ3n) is 2.62. The maximum atomic E-state index is 12.5. The first kappa shape index (κ1) is 11.3. The van der Waals surface area contributed by atoms with Gasteiger partial charge in [0, 0.05) is 21.0 Å². The lowest BCUT2D eigenvalue weighted by Crippen LogP contribution is -2.06. The monoisotopic (exact) mass is 268 g/mol. The summed E-state index contributed by atoms with van der Waals surface area (Å²) in [5.41, 5.74) is 1.14. The minimum absolute atomic E-state index is 0.389. The fourth-order valence-corrected chi connectivity index (χ4v) is 2.75. The molecule has 2 aromatic heterocycles. The standard InChI is InChI=1S/C12H7F3N2S/c13-12(14,15)11-16-5-9(17-11)8-6-18-10-4-2-1-3-7(8)10/h1-6H,(H,16,17). The molecule has 3 aromatic rings. The number of benzene rings is 1. The van der Waals surface area contributed by atoms with E-state index in [0.29, 0.717) is 5.69 Å². The maximum absolute atomic E-state index is 12.5. The van der Waals surface area contributed by atoms with Crippen LogP contribution in [0.1, 0.15) is 5.82 Å². The second-order valence-electron chi connectivity index (χ2n) is 3.79. The van der Waals surface area contributed by atoms with E-state index < -0.39 is 12.0 Å². The van der Waals surface area contributed by atoms with E-state index in [9.17, 15) is 13.2 Å². The Bertz CT molecular complexity index is 696. The average Bonchev–Trinajstić information content (AvgIpc) is 2.94. The van der Waals surface area contributed by atoms with Crippen LogP contribution in [0.2, 0.25) is 0 Å². The molecule has 92 valence electrons. The highest BCUT2D eigenvalue weighted by molar-refractivity contribution is 7.17. The van der Waals surface area contributed by atoms with Gasteiger partial charge >= 0.3 is 6.18 Å². The van der Waals surface area contributed by atoms with Crippen LogP contribution >= 0.6 is 11.3 Å². The number of alkyl halides is 3. The van der Waals surface area contributed by atoms with Crippen LogP contribution in [-0.2, 0) is 6.18 Å². The zero-order chi connectivity index (χ0) is 12.8.